The van der Waals surface area contributed by atoms with Gasteiger partial charge in [0.05, 0.1) is 7.11 Å². The molecule has 1 aliphatic carbocycles. The van der Waals surface area contributed by atoms with Gasteiger partial charge in [0.25, 0.3) is 0 Å². The summed E-state index contributed by atoms with van der Waals surface area (Å²) in [6, 6.07) is 5.55. The van der Waals surface area contributed by atoms with E-state index < -0.39 is 16.0 Å². The Labute approximate surface area is 197 Å². The highest BCUT2D eigenvalue weighted by Crippen LogP contribution is 2.34. The van der Waals surface area contributed by atoms with Crippen molar-refractivity contribution in [2.45, 2.75) is 55.9 Å². The van der Waals surface area contributed by atoms with Crippen LogP contribution in [0.3, 0.4) is 0 Å². The number of nitrogens with zero attached hydrogens (tertiary/aromatic N) is 4. The van der Waals surface area contributed by atoms with Crippen molar-refractivity contribution in [1.82, 2.24) is 18.8 Å². The highest BCUT2D eigenvalue weighted by molar-refractivity contribution is 7.89. The van der Waals surface area contributed by atoms with E-state index in [4.69, 9.17) is 9.72 Å². The molecule has 0 radical (unpaired) electrons. The molecule has 2 aliphatic rings. The molecule has 0 aromatic carbocycles. The molecule has 10 heteroatoms. The van der Waals surface area contributed by atoms with Crippen LogP contribution in [0.2, 0.25) is 0 Å². The first kappa shape index (κ1) is 22.5. The number of piperidine rings is 1. The molecule has 1 aliphatic heterocycles. The van der Waals surface area contributed by atoms with Crippen LogP contribution < -0.4 is 0 Å². The topological polar surface area (TPSA) is 94.4 Å². The second kappa shape index (κ2) is 9.15. The molecule has 0 unspecified atom stereocenters. The summed E-state index contributed by atoms with van der Waals surface area (Å²) in [4.78, 5) is 21.7. The van der Waals surface area contributed by atoms with Gasteiger partial charge in [-0.1, -0.05) is 25.7 Å². The second-order valence-corrected chi connectivity index (χ2v) is 11.7. The first-order chi connectivity index (χ1) is 16.0. The Bertz CT molecular complexity index is 1250. The standard InChI is InChI=1S/C23H28N4O4S2/c1-31-23(28)21-19(10-14-32-21)33(29,30)26-12-8-17(9-13-26)27-20(15-16-5-2-3-6-16)25-18-7-4-11-24-22(18)27/h4,7,10-11,14,16-17H,2-3,5-6,8-9,12-13,15H2,1H3. The van der Waals surface area contributed by atoms with Crippen LogP contribution in [-0.4, -0.2) is 53.4 Å². The zero-order valence-electron chi connectivity index (χ0n) is 18.6. The summed E-state index contributed by atoms with van der Waals surface area (Å²) in [6.07, 6.45) is 9.17. The molecule has 5 rings (SSSR count). The zero-order chi connectivity index (χ0) is 23.0. The molecule has 3 aromatic rings. The fourth-order valence-corrected chi connectivity index (χ4v) is 7.98. The number of hydrogen-bond acceptors (Lipinski definition) is 7. The second-order valence-electron chi connectivity index (χ2n) is 8.84. The molecular formula is C23H28N4O4S2. The fourth-order valence-electron chi connectivity index (χ4n) is 5.20. The smallest absolute Gasteiger partial charge is 0.349 e. The summed E-state index contributed by atoms with van der Waals surface area (Å²) < 4.78 is 35.1. The summed E-state index contributed by atoms with van der Waals surface area (Å²) in [5, 5.41) is 1.62. The van der Waals surface area contributed by atoms with E-state index >= 15 is 0 Å². The number of aromatic nitrogens is 3. The van der Waals surface area contributed by atoms with E-state index in [2.05, 4.69) is 9.55 Å². The van der Waals surface area contributed by atoms with Gasteiger partial charge in [-0.05, 0) is 42.3 Å². The minimum absolute atomic E-state index is 0.0365. The molecule has 1 saturated heterocycles. The van der Waals surface area contributed by atoms with Crippen LogP contribution in [0.4, 0.5) is 0 Å². The van der Waals surface area contributed by atoms with Gasteiger partial charge < -0.3 is 9.30 Å². The van der Waals surface area contributed by atoms with Crippen LogP contribution in [0.15, 0.2) is 34.7 Å². The SMILES string of the molecule is COC(=O)c1sccc1S(=O)(=O)N1CCC(n2c(CC3CCCC3)nc3cccnc32)CC1. The monoisotopic (exact) mass is 488 g/mol. The van der Waals surface area contributed by atoms with Gasteiger partial charge in [-0.15, -0.1) is 11.3 Å². The van der Waals surface area contributed by atoms with Crippen LogP contribution in [0, 0.1) is 5.92 Å². The number of methoxy groups -OCH3 is 1. The van der Waals surface area contributed by atoms with Crippen LogP contribution >= 0.6 is 11.3 Å². The van der Waals surface area contributed by atoms with Crippen LogP contribution in [0.1, 0.15) is 60.1 Å². The molecule has 0 atom stereocenters. The van der Waals surface area contributed by atoms with Crippen molar-refractivity contribution in [3.63, 3.8) is 0 Å². The normalized spacial score (nSPS) is 18.8. The van der Waals surface area contributed by atoms with Gasteiger partial charge >= 0.3 is 5.97 Å². The third-order valence-corrected chi connectivity index (χ3v) is 9.84. The fraction of sp³-hybridized carbons (Fsp3) is 0.522. The van der Waals surface area contributed by atoms with Gasteiger partial charge in [0.2, 0.25) is 10.0 Å². The summed E-state index contributed by atoms with van der Waals surface area (Å²) in [7, 11) is -2.51. The summed E-state index contributed by atoms with van der Waals surface area (Å²) in [6.45, 7) is 0.775. The Morgan fingerprint density at radius 3 is 2.67 bits per heavy atom. The number of carbonyl (C=O) groups excluding carboxylic acids is 1. The maximum absolute atomic E-state index is 13.3. The summed E-state index contributed by atoms with van der Waals surface area (Å²) in [5.41, 5.74) is 1.79. The maximum Gasteiger partial charge on any atom is 0.349 e. The number of ether oxygens (including phenoxy) is 1. The van der Waals surface area contributed by atoms with E-state index in [1.807, 2.05) is 12.1 Å². The molecule has 8 nitrogen and oxygen atoms in total. The molecule has 33 heavy (non-hydrogen) atoms. The number of esters is 1. The molecule has 1 saturated carbocycles. The number of imidazole rings is 1. The Hall–Kier alpha value is -2.30. The van der Waals surface area contributed by atoms with Gasteiger partial charge in [0, 0.05) is 31.7 Å². The number of pyridine rings is 1. The predicted molar refractivity (Wildman–Crippen MR) is 126 cm³/mol. The number of hydrogen-bond donors (Lipinski definition) is 0. The first-order valence-corrected chi connectivity index (χ1v) is 13.8. The van der Waals surface area contributed by atoms with Crippen molar-refractivity contribution in [2.75, 3.05) is 20.2 Å². The number of fused-ring (bicyclic) bond motifs is 1. The average Bonchev–Trinajstić information content (AvgIpc) is 3.58. The van der Waals surface area contributed by atoms with Gasteiger partial charge in [-0.2, -0.15) is 4.31 Å². The van der Waals surface area contributed by atoms with Crippen LogP contribution in [-0.2, 0) is 21.2 Å². The van der Waals surface area contributed by atoms with E-state index in [-0.39, 0.29) is 15.8 Å². The molecule has 0 N–H and O–H groups in total. The van der Waals surface area contributed by atoms with Crippen molar-refractivity contribution in [2.24, 2.45) is 5.92 Å². The molecule has 4 heterocycles. The predicted octanol–water partition coefficient (Wildman–Crippen LogP) is 4.04. The van der Waals surface area contributed by atoms with Gasteiger partial charge in [-0.3, -0.25) is 0 Å². The average molecular weight is 489 g/mol. The van der Waals surface area contributed by atoms with E-state index in [0.717, 1.165) is 34.7 Å². The molecule has 0 spiro atoms. The van der Waals surface area contributed by atoms with Crippen molar-refractivity contribution in [3.8, 4) is 0 Å². The Kier molecular flexibility index (Phi) is 6.24. The Morgan fingerprint density at radius 1 is 1.18 bits per heavy atom. The molecule has 0 bridgehead atoms. The minimum atomic E-state index is -3.77. The Balaban J connectivity index is 1.38. The zero-order valence-corrected chi connectivity index (χ0v) is 20.3. The van der Waals surface area contributed by atoms with Crippen molar-refractivity contribution >= 4 is 38.5 Å². The van der Waals surface area contributed by atoms with E-state index in [9.17, 15) is 13.2 Å². The molecule has 0 amide bonds. The highest BCUT2D eigenvalue weighted by atomic mass is 32.2. The quantitative estimate of drug-likeness (QED) is 0.486. The van der Waals surface area contributed by atoms with Gasteiger partial charge in [0.15, 0.2) is 5.65 Å². The first-order valence-electron chi connectivity index (χ1n) is 11.5. The van der Waals surface area contributed by atoms with Gasteiger partial charge in [-0.25, -0.2) is 23.2 Å². The number of thiophene rings is 1. The van der Waals surface area contributed by atoms with Crippen molar-refractivity contribution < 1.29 is 17.9 Å². The summed E-state index contributed by atoms with van der Waals surface area (Å²) in [5.74, 6) is 1.12. The van der Waals surface area contributed by atoms with Gasteiger partial charge in [0.1, 0.15) is 21.1 Å². The number of sulfonamides is 1. The molecule has 3 aromatic heterocycles. The van der Waals surface area contributed by atoms with Crippen LogP contribution in [0.25, 0.3) is 11.2 Å². The van der Waals surface area contributed by atoms with Crippen molar-refractivity contribution in [3.05, 3.63) is 40.5 Å². The lowest BCUT2D eigenvalue weighted by molar-refractivity contribution is 0.0602. The lowest BCUT2D eigenvalue weighted by Gasteiger charge is -2.32. The largest absolute Gasteiger partial charge is 0.465 e. The maximum atomic E-state index is 13.3. The van der Waals surface area contributed by atoms with E-state index in [1.165, 1.54) is 43.2 Å². The minimum Gasteiger partial charge on any atom is -0.465 e. The number of rotatable bonds is 6. The van der Waals surface area contributed by atoms with E-state index in [1.54, 1.807) is 11.6 Å². The molecule has 2 fully saturated rings. The highest BCUT2D eigenvalue weighted by Gasteiger charge is 2.35. The third kappa shape index (κ3) is 4.20. The molecular weight excluding hydrogens is 460 g/mol. The Morgan fingerprint density at radius 2 is 1.94 bits per heavy atom. The third-order valence-electron chi connectivity index (χ3n) is 6.87. The number of carbonyl (C=O) groups is 1. The molecule has 176 valence electrons. The van der Waals surface area contributed by atoms with Crippen LogP contribution in [0.5, 0.6) is 0 Å². The van der Waals surface area contributed by atoms with Crippen molar-refractivity contribution in [1.29, 1.82) is 0 Å². The summed E-state index contributed by atoms with van der Waals surface area (Å²) >= 11 is 1.09. The lowest BCUT2D eigenvalue weighted by Crippen LogP contribution is -2.39. The lowest BCUT2D eigenvalue weighted by atomic mass is 10.0. The van der Waals surface area contributed by atoms with E-state index in [0.29, 0.717) is 31.8 Å².